The van der Waals surface area contributed by atoms with E-state index in [9.17, 15) is 0 Å². The molecule has 0 saturated heterocycles. The topological polar surface area (TPSA) is 64.3 Å². The molecule has 0 amide bonds. The fourth-order valence-electron chi connectivity index (χ4n) is 5.96. The van der Waals surface area contributed by atoms with Gasteiger partial charge in [-0.05, 0) is 92.5 Å². The van der Waals surface area contributed by atoms with Crippen molar-refractivity contribution in [2.24, 2.45) is 21.1 Å². The van der Waals surface area contributed by atoms with Gasteiger partial charge in [-0.1, -0.05) is 17.7 Å². The fraction of sp³-hybridized carbons (Fsp3) is 0.423. The van der Waals surface area contributed by atoms with Gasteiger partial charge in [0.05, 0.1) is 18.4 Å². The van der Waals surface area contributed by atoms with E-state index in [2.05, 4.69) is 23.9 Å². The normalized spacial score (nSPS) is 28.5. The summed E-state index contributed by atoms with van der Waals surface area (Å²) in [6.07, 6.45) is 5.25. The van der Waals surface area contributed by atoms with E-state index >= 15 is 0 Å². The molecular formula is C26H27ClN4O. The molecule has 0 radical (unpaired) electrons. The molecule has 3 aliphatic rings. The molecule has 2 N–H and O–H groups in total. The number of ether oxygens (including phenoxy) is 1. The number of aryl methyl sites for hydroxylation is 1. The van der Waals surface area contributed by atoms with Crippen LogP contribution >= 0.6 is 11.6 Å². The summed E-state index contributed by atoms with van der Waals surface area (Å²) in [6, 6.07) is 10.0. The summed E-state index contributed by atoms with van der Waals surface area (Å²) in [5.41, 5.74) is 12.5. The van der Waals surface area contributed by atoms with Crippen LogP contribution in [-0.4, -0.2) is 24.8 Å². The number of amidine groups is 1. The molecule has 0 bridgehead atoms. The number of hydrogen-bond donors (Lipinski definition) is 1. The summed E-state index contributed by atoms with van der Waals surface area (Å²) in [5.74, 6) is 0.534. The molecule has 5 nitrogen and oxygen atoms in total. The lowest BCUT2D eigenvalue weighted by molar-refractivity contribution is -0.000372. The maximum atomic E-state index is 7.42. The highest BCUT2D eigenvalue weighted by Crippen LogP contribution is 2.62. The first kappa shape index (κ1) is 21.2. The van der Waals surface area contributed by atoms with E-state index in [1.54, 1.807) is 13.2 Å². The van der Waals surface area contributed by atoms with Gasteiger partial charge in [0.15, 0.2) is 11.4 Å². The van der Waals surface area contributed by atoms with Crippen LogP contribution in [0.4, 0.5) is 5.69 Å². The lowest BCUT2D eigenvalue weighted by atomic mass is 9.65. The molecule has 2 spiro atoms. The summed E-state index contributed by atoms with van der Waals surface area (Å²) in [5, 5.41) is 0.564. The van der Waals surface area contributed by atoms with Gasteiger partial charge in [0.2, 0.25) is 0 Å². The molecular weight excluding hydrogens is 420 g/mol. The Balaban J connectivity index is 1.69. The third-order valence-corrected chi connectivity index (χ3v) is 7.84. The standard InChI is InChI=1S/C26H27ClN4O/c1-15-9-18-14-25(7-5-21(32-4)6-8-25)26(30-16(2)24(28)31-26)23(18)13-22(15)17-10-19(27)12-20(11-17)29-3/h9-13,21H,5-8,14H2,1-2,4H3,(H2,28,31). The largest absolute Gasteiger partial charge is 0.382 e. The monoisotopic (exact) mass is 446 g/mol. The zero-order chi connectivity index (χ0) is 22.7. The van der Waals surface area contributed by atoms with Crippen molar-refractivity contribution in [3.63, 3.8) is 0 Å². The molecule has 1 atom stereocenters. The van der Waals surface area contributed by atoms with Gasteiger partial charge in [0, 0.05) is 23.1 Å². The number of nitrogens with two attached hydrogens (primary N) is 1. The lowest BCUT2D eigenvalue weighted by Gasteiger charge is -2.44. The van der Waals surface area contributed by atoms with E-state index in [1.165, 1.54) is 5.56 Å². The molecule has 32 heavy (non-hydrogen) atoms. The second-order valence-corrected chi connectivity index (χ2v) is 9.83. The first-order valence-corrected chi connectivity index (χ1v) is 11.5. The first-order chi connectivity index (χ1) is 15.3. The van der Waals surface area contributed by atoms with Crippen LogP contribution in [0.3, 0.4) is 0 Å². The molecule has 1 heterocycles. The molecule has 2 aliphatic carbocycles. The Kier molecular flexibility index (Phi) is 4.92. The molecule has 5 rings (SSSR count). The third kappa shape index (κ3) is 3.01. The minimum Gasteiger partial charge on any atom is -0.382 e. The molecule has 1 fully saturated rings. The maximum Gasteiger partial charge on any atom is 0.189 e. The van der Waals surface area contributed by atoms with Crippen LogP contribution in [0.1, 0.15) is 49.3 Å². The second kappa shape index (κ2) is 7.43. The van der Waals surface area contributed by atoms with Crippen molar-refractivity contribution < 1.29 is 4.74 Å². The number of hydrogen-bond acceptors (Lipinski definition) is 4. The van der Waals surface area contributed by atoms with E-state index in [1.807, 2.05) is 19.1 Å². The van der Waals surface area contributed by atoms with E-state index < -0.39 is 5.66 Å². The molecule has 164 valence electrons. The van der Waals surface area contributed by atoms with Crippen LogP contribution < -0.4 is 5.73 Å². The zero-order valence-corrected chi connectivity index (χ0v) is 19.5. The lowest BCUT2D eigenvalue weighted by Crippen LogP contribution is -2.43. The van der Waals surface area contributed by atoms with Gasteiger partial charge in [-0.15, -0.1) is 0 Å². The Labute approximate surface area is 194 Å². The van der Waals surface area contributed by atoms with Gasteiger partial charge in [-0.2, -0.15) is 0 Å². The number of aliphatic imine (C=N–C) groups is 2. The van der Waals surface area contributed by atoms with Crippen molar-refractivity contribution >= 4 is 28.8 Å². The highest BCUT2D eigenvalue weighted by atomic mass is 35.5. The Bertz CT molecular complexity index is 1200. The van der Waals surface area contributed by atoms with Crippen molar-refractivity contribution in [1.82, 2.24) is 0 Å². The molecule has 2 aromatic carbocycles. The van der Waals surface area contributed by atoms with E-state index in [4.69, 9.17) is 38.6 Å². The number of fused-ring (bicyclic) bond motifs is 3. The predicted molar refractivity (Wildman–Crippen MR) is 130 cm³/mol. The van der Waals surface area contributed by atoms with E-state index in [-0.39, 0.29) is 5.41 Å². The summed E-state index contributed by atoms with van der Waals surface area (Å²) < 4.78 is 5.66. The van der Waals surface area contributed by atoms with Gasteiger partial charge in [0.1, 0.15) is 5.84 Å². The van der Waals surface area contributed by atoms with Gasteiger partial charge < -0.3 is 10.5 Å². The number of methoxy groups -OCH3 is 1. The number of benzene rings is 2. The Hall–Kier alpha value is -2.68. The highest BCUT2D eigenvalue weighted by molar-refractivity contribution is 6.41. The average Bonchev–Trinajstić information content (AvgIpc) is 3.20. The molecule has 2 aromatic rings. The second-order valence-electron chi connectivity index (χ2n) is 9.39. The highest BCUT2D eigenvalue weighted by Gasteiger charge is 2.60. The van der Waals surface area contributed by atoms with Crippen LogP contribution in [0.25, 0.3) is 16.0 Å². The molecule has 6 heteroatoms. The van der Waals surface area contributed by atoms with Crippen molar-refractivity contribution in [2.75, 3.05) is 7.11 Å². The van der Waals surface area contributed by atoms with E-state index in [0.29, 0.717) is 22.6 Å². The summed E-state index contributed by atoms with van der Waals surface area (Å²) in [4.78, 5) is 13.8. The third-order valence-electron chi connectivity index (χ3n) is 7.62. The molecule has 1 aliphatic heterocycles. The number of nitrogens with zero attached hydrogens (tertiary/aromatic N) is 3. The van der Waals surface area contributed by atoms with Crippen molar-refractivity contribution in [3.05, 3.63) is 63.5 Å². The van der Waals surface area contributed by atoms with Crippen molar-refractivity contribution in [3.8, 4) is 11.1 Å². The smallest absolute Gasteiger partial charge is 0.189 e. The van der Waals surface area contributed by atoms with Crippen LogP contribution in [-0.2, 0) is 16.8 Å². The Morgan fingerprint density at radius 3 is 2.50 bits per heavy atom. The fourth-order valence-corrected chi connectivity index (χ4v) is 6.19. The summed E-state index contributed by atoms with van der Waals surface area (Å²) >= 11 is 6.34. The minimum atomic E-state index is -0.682. The van der Waals surface area contributed by atoms with Crippen LogP contribution in [0.5, 0.6) is 0 Å². The van der Waals surface area contributed by atoms with Gasteiger partial charge >= 0.3 is 0 Å². The summed E-state index contributed by atoms with van der Waals surface area (Å²) in [7, 11) is 1.80. The zero-order valence-electron chi connectivity index (χ0n) is 18.7. The SMILES string of the molecule is [C-]#[N+]c1cc(Cl)cc(-c2cc3c(cc2C)CC2(CCC(OC)CC2)C32N=C(C)C(N)=N2)c1. The molecule has 1 unspecified atom stereocenters. The quantitative estimate of drug-likeness (QED) is 0.576. The Morgan fingerprint density at radius 2 is 1.88 bits per heavy atom. The number of rotatable bonds is 2. The van der Waals surface area contributed by atoms with Crippen LogP contribution in [0.15, 0.2) is 40.3 Å². The molecule has 1 saturated carbocycles. The average molecular weight is 447 g/mol. The maximum absolute atomic E-state index is 7.42. The number of halogens is 1. The summed E-state index contributed by atoms with van der Waals surface area (Å²) in [6.45, 7) is 11.5. The van der Waals surface area contributed by atoms with Crippen molar-refractivity contribution in [2.45, 2.75) is 57.7 Å². The van der Waals surface area contributed by atoms with Gasteiger partial charge in [0.25, 0.3) is 0 Å². The van der Waals surface area contributed by atoms with Gasteiger partial charge in [-0.25, -0.2) is 9.84 Å². The van der Waals surface area contributed by atoms with Crippen LogP contribution in [0, 0.1) is 18.9 Å². The first-order valence-electron chi connectivity index (χ1n) is 11.1. The minimum absolute atomic E-state index is 0.0895. The van der Waals surface area contributed by atoms with E-state index in [0.717, 1.165) is 60.1 Å². The van der Waals surface area contributed by atoms with Crippen molar-refractivity contribution in [1.29, 1.82) is 0 Å². The Morgan fingerprint density at radius 1 is 1.12 bits per heavy atom. The molecule has 0 aromatic heterocycles. The van der Waals surface area contributed by atoms with Crippen LogP contribution in [0.2, 0.25) is 5.02 Å². The van der Waals surface area contributed by atoms with Gasteiger partial charge in [-0.3, -0.25) is 4.99 Å². The predicted octanol–water partition coefficient (Wildman–Crippen LogP) is 5.98.